The molecule has 2 aliphatic rings. The molecule has 2 heteroatoms. The number of hydrogen-bond donors (Lipinski definition) is 1. The Hall–Kier alpha value is -0.860. The highest BCUT2D eigenvalue weighted by Gasteiger charge is 2.27. The van der Waals surface area contributed by atoms with Gasteiger partial charge in [-0.15, -0.1) is 0 Å². The summed E-state index contributed by atoms with van der Waals surface area (Å²) in [5, 5.41) is 0. The van der Waals surface area contributed by atoms with Crippen molar-refractivity contribution in [3.05, 3.63) is 35.4 Å². The molecule has 2 aliphatic carbocycles. The van der Waals surface area contributed by atoms with Crippen molar-refractivity contribution >= 4 is 0 Å². The number of nitrogens with zero attached hydrogens (tertiary/aromatic N) is 1. The number of benzene rings is 1. The van der Waals surface area contributed by atoms with E-state index in [9.17, 15) is 0 Å². The van der Waals surface area contributed by atoms with Crippen LogP contribution in [-0.4, -0.2) is 24.0 Å². The highest BCUT2D eigenvalue weighted by Crippen LogP contribution is 2.40. The molecule has 1 aromatic carbocycles. The van der Waals surface area contributed by atoms with E-state index in [-0.39, 0.29) is 0 Å². The fourth-order valence-corrected chi connectivity index (χ4v) is 4.02. The van der Waals surface area contributed by atoms with Gasteiger partial charge in [-0.1, -0.05) is 50.5 Å². The van der Waals surface area contributed by atoms with Crippen LogP contribution in [0.2, 0.25) is 0 Å². The lowest BCUT2D eigenvalue weighted by atomic mass is 9.91. The molecule has 2 nitrogen and oxygen atoms in total. The highest BCUT2D eigenvalue weighted by molar-refractivity contribution is 5.30. The minimum absolute atomic E-state index is 0.395. The molecular formula is C19H30N2. The normalized spacial score (nSPS) is 21.7. The molecule has 0 radical (unpaired) electrons. The van der Waals surface area contributed by atoms with Gasteiger partial charge in [-0.05, 0) is 49.3 Å². The van der Waals surface area contributed by atoms with E-state index in [4.69, 9.17) is 5.73 Å². The molecule has 21 heavy (non-hydrogen) atoms. The van der Waals surface area contributed by atoms with E-state index in [1.807, 2.05) is 0 Å². The maximum absolute atomic E-state index is 6.16. The summed E-state index contributed by atoms with van der Waals surface area (Å²) in [4.78, 5) is 2.66. The first kappa shape index (κ1) is 15.1. The molecule has 0 bridgehead atoms. The molecule has 0 aromatic heterocycles. The predicted octanol–water partition coefficient (Wildman–Crippen LogP) is 4.22. The molecular weight excluding hydrogens is 256 g/mol. The van der Waals surface area contributed by atoms with Gasteiger partial charge in [-0.3, -0.25) is 4.90 Å². The number of nitrogens with two attached hydrogens (primary N) is 1. The van der Waals surface area contributed by atoms with Gasteiger partial charge in [0.2, 0.25) is 0 Å². The lowest BCUT2D eigenvalue weighted by Crippen LogP contribution is -2.42. The summed E-state index contributed by atoms with van der Waals surface area (Å²) >= 11 is 0. The summed E-state index contributed by atoms with van der Waals surface area (Å²) in [7, 11) is 0. The van der Waals surface area contributed by atoms with Crippen molar-refractivity contribution in [1.29, 1.82) is 0 Å². The minimum Gasteiger partial charge on any atom is -0.329 e. The molecule has 2 N–H and O–H groups in total. The Labute approximate surface area is 129 Å². The van der Waals surface area contributed by atoms with Crippen molar-refractivity contribution < 1.29 is 0 Å². The SMILES string of the molecule is CCN(C1CCCCC1)C(CN)c1ccc(C2CC2)cc1. The second-order valence-corrected chi connectivity index (χ2v) is 6.81. The Kier molecular flexibility index (Phi) is 4.97. The maximum atomic E-state index is 6.16. The van der Waals surface area contributed by atoms with Crippen LogP contribution in [0.15, 0.2) is 24.3 Å². The van der Waals surface area contributed by atoms with Crippen LogP contribution in [0.3, 0.4) is 0 Å². The van der Waals surface area contributed by atoms with Gasteiger partial charge in [0.1, 0.15) is 0 Å². The third-order valence-electron chi connectivity index (χ3n) is 5.40. The molecule has 2 saturated carbocycles. The Morgan fingerprint density at radius 1 is 1.05 bits per heavy atom. The van der Waals surface area contributed by atoms with Crippen LogP contribution in [0.25, 0.3) is 0 Å². The van der Waals surface area contributed by atoms with E-state index >= 15 is 0 Å². The summed E-state index contributed by atoms with van der Waals surface area (Å²) in [6.07, 6.45) is 9.65. The van der Waals surface area contributed by atoms with Crippen LogP contribution < -0.4 is 5.73 Å². The summed E-state index contributed by atoms with van der Waals surface area (Å²) in [6.45, 7) is 4.12. The minimum atomic E-state index is 0.395. The molecule has 1 aromatic rings. The average Bonchev–Trinajstić information content (AvgIpc) is 3.38. The fourth-order valence-electron chi connectivity index (χ4n) is 4.02. The zero-order valence-electron chi connectivity index (χ0n) is 13.4. The molecule has 0 heterocycles. The first-order valence-electron chi connectivity index (χ1n) is 8.89. The van der Waals surface area contributed by atoms with E-state index in [0.717, 1.165) is 25.0 Å². The van der Waals surface area contributed by atoms with Crippen molar-refractivity contribution in [3.8, 4) is 0 Å². The fraction of sp³-hybridized carbons (Fsp3) is 0.684. The van der Waals surface area contributed by atoms with Crippen LogP contribution in [-0.2, 0) is 0 Å². The van der Waals surface area contributed by atoms with Gasteiger partial charge in [-0.25, -0.2) is 0 Å². The van der Waals surface area contributed by atoms with Crippen molar-refractivity contribution in [3.63, 3.8) is 0 Å². The second-order valence-electron chi connectivity index (χ2n) is 6.81. The second kappa shape index (κ2) is 6.93. The van der Waals surface area contributed by atoms with Crippen LogP contribution in [0, 0.1) is 0 Å². The van der Waals surface area contributed by atoms with Gasteiger partial charge in [0.15, 0.2) is 0 Å². The number of rotatable bonds is 6. The summed E-state index contributed by atoms with van der Waals surface area (Å²) < 4.78 is 0. The first-order chi connectivity index (χ1) is 10.3. The number of likely N-dealkylation sites (N-methyl/N-ethyl adjacent to an activating group) is 1. The van der Waals surface area contributed by atoms with Gasteiger partial charge >= 0.3 is 0 Å². The van der Waals surface area contributed by atoms with Gasteiger partial charge in [0, 0.05) is 18.6 Å². The van der Waals surface area contributed by atoms with Crippen molar-refractivity contribution in [2.24, 2.45) is 5.73 Å². The van der Waals surface area contributed by atoms with E-state index in [0.29, 0.717) is 6.04 Å². The largest absolute Gasteiger partial charge is 0.329 e. The zero-order chi connectivity index (χ0) is 14.7. The van der Waals surface area contributed by atoms with Crippen LogP contribution >= 0.6 is 0 Å². The average molecular weight is 286 g/mol. The molecule has 0 amide bonds. The lowest BCUT2D eigenvalue weighted by molar-refractivity contribution is 0.114. The van der Waals surface area contributed by atoms with Crippen molar-refractivity contribution in [2.75, 3.05) is 13.1 Å². The monoisotopic (exact) mass is 286 g/mol. The zero-order valence-corrected chi connectivity index (χ0v) is 13.4. The van der Waals surface area contributed by atoms with Crippen LogP contribution in [0.1, 0.15) is 75.0 Å². The Balaban J connectivity index is 1.74. The first-order valence-corrected chi connectivity index (χ1v) is 8.89. The smallest absolute Gasteiger partial charge is 0.0473 e. The Morgan fingerprint density at radius 2 is 1.71 bits per heavy atom. The topological polar surface area (TPSA) is 29.3 Å². The standard InChI is InChI=1S/C19H30N2/c1-2-21(18-6-4-3-5-7-18)19(14-20)17-12-10-16(11-13-17)15-8-9-15/h10-13,15,18-19H,2-9,14,20H2,1H3. The molecule has 2 fully saturated rings. The van der Waals surface area contributed by atoms with E-state index in [1.165, 1.54) is 56.1 Å². The number of hydrogen-bond acceptors (Lipinski definition) is 2. The molecule has 0 aliphatic heterocycles. The lowest BCUT2D eigenvalue weighted by Gasteiger charge is -2.39. The third-order valence-corrected chi connectivity index (χ3v) is 5.40. The van der Waals surface area contributed by atoms with Gasteiger partial charge < -0.3 is 5.73 Å². The maximum Gasteiger partial charge on any atom is 0.0473 e. The predicted molar refractivity (Wildman–Crippen MR) is 89.5 cm³/mol. The molecule has 116 valence electrons. The summed E-state index contributed by atoms with van der Waals surface area (Å²) in [6, 6.07) is 10.5. The van der Waals surface area contributed by atoms with Crippen molar-refractivity contribution in [2.45, 2.75) is 69.9 Å². The summed E-state index contributed by atoms with van der Waals surface area (Å²) in [5.74, 6) is 0.844. The van der Waals surface area contributed by atoms with E-state index < -0.39 is 0 Å². The quantitative estimate of drug-likeness (QED) is 0.848. The third kappa shape index (κ3) is 3.49. The van der Waals surface area contributed by atoms with Gasteiger partial charge in [0.05, 0.1) is 0 Å². The molecule has 1 atom stereocenters. The molecule has 0 saturated heterocycles. The molecule has 3 rings (SSSR count). The molecule has 0 spiro atoms. The van der Waals surface area contributed by atoms with Crippen molar-refractivity contribution in [1.82, 2.24) is 4.90 Å². The Morgan fingerprint density at radius 3 is 2.24 bits per heavy atom. The van der Waals surface area contributed by atoms with Crippen LogP contribution in [0.4, 0.5) is 0 Å². The summed E-state index contributed by atoms with van der Waals surface area (Å²) in [5.41, 5.74) is 9.09. The van der Waals surface area contributed by atoms with E-state index in [1.54, 1.807) is 0 Å². The Bertz CT molecular complexity index is 429. The highest BCUT2D eigenvalue weighted by atomic mass is 15.2. The molecule has 1 unspecified atom stereocenters. The van der Waals surface area contributed by atoms with Gasteiger partial charge in [-0.2, -0.15) is 0 Å². The van der Waals surface area contributed by atoms with E-state index in [2.05, 4.69) is 36.1 Å². The van der Waals surface area contributed by atoms with Gasteiger partial charge in [0.25, 0.3) is 0 Å². The van der Waals surface area contributed by atoms with Crippen LogP contribution in [0.5, 0.6) is 0 Å².